The lowest BCUT2D eigenvalue weighted by Crippen LogP contribution is -2.03. The van der Waals surface area contributed by atoms with E-state index in [1.165, 1.54) is 0 Å². The van der Waals surface area contributed by atoms with E-state index in [9.17, 15) is 0 Å². The van der Waals surface area contributed by atoms with Crippen LogP contribution in [0.1, 0.15) is 49.9 Å². The van der Waals surface area contributed by atoms with E-state index in [0.717, 1.165) is 24.0 Å². The molecule has 2 nitrogen and oxygen atoms in total. The zero-order valence-corrected chi connectivity index (χ0v) is 12.2. The lowest BCUT2D eigenvalue weighted by atomic mass is 9.93. The van der Waals surface area contributed by atoms with Crippen LogP contribution < -0.4 is 0 Å². The van der Waals surface area contributed by atoms with Gasteiger partial charge in [-0.3, -0.25) is 0 Å². The van der Waals surface area contributed by atoms with Crippen LogP contribution in [-0.4, -0.2) is 10.3 Å². The Hall–Kier alpha value is -1.18. The summed E-state index contributed by atoms with van der Waals surface area (Å²) in [5.41, 5.74) is 2.30. The first kappa shape index (κ1) is 14.9. The molecule has 0 heterocycles. The highest BCUT2D eigenvalue weighted by molar-refractivity contribution is 7.78. The number of thiocarbonyl (C=S) groups is 2. The van der Waals surface area contributed by atoms with Crippen LogP contribution in [0, 0.1) is 0 Å². The van der Waals surface area contributed by atoms with Gasteiger partial charge in [0.15, 0.2) is 0 Å². The third kappa shape index (κ3) is 3.66. The minimum absolute atomic E-state index is 0.0491. The maximum absolute atomic E-state index is 4.71. The van der Waals surface area contributed by atoms with Gasteiger partial charge < -0.3 is 0 Å². The fraction of sp³-hybridized carbons (Fsp3) is 0.429. The predicted molar refractivity (Wildman–Crippen MR) is 82.6 cm³/mol. The highest BCUT2D eigenvalue weighted by Gasteiger charge is 2.17. The van der Waals surface area contributed by atoms with Gasteiger partial charge in [-0.15, -0.1) is 0 Å². The Morgan fingerprint density at radius 3 is 1.61 bits per heavy atom. The topological polar surface area (TPSA) is 24.7 Å². The number of nitrogens with zero attached hydrogens (tertiary/aromatic N) is 2. The van der Waals surface area contributed by atoms with Crippen molar-refractivity contribution in [3.8, 4) is 0 Å². The molecule has 0 aliphatic rings. The second-order valence-corrected chi connectivity index (χ2v) is 4.28. The summed E-state index contributed by atoms with van der Waals surface area (Å²) in [4.78, 5) is 8.45. The van der Waals surface area contributed by atoms with Crippen LogP contribution in [0.2, 0.25) is 0 Å². The molecule has 18 heavy (non-hydrogen) atoms. The SMILES string of the molecule is CCC(N=C=S)c1ccccc1C(CC)N=C=S. The van der Waals surface area contributed by atoms with Gasteiger partial charge in [0.25, 0.3) is 0 Å². The average molecular weight is 276 g/mol. The number of isothiocyanates is 2. The largest absolute Gasteiger partial charge is 0.224 e. The summed E-state index contributed by atoms with van der Waals surface area (Å²) in [6.45, 7) is 4.17. The maximum atomic E-state index is 4.71. The van der Waals surface area contributed by atoms with Gasteiger partial charge in [-0.2, -0.15) is 0 Å². The average Bonchev–Trinajstić information content (AvgIpc) is 2.42. The molecule has 2 atom stereocenters. The van der Waals surface area contributed by atoms with Gasteiger partial charge in [0.2, 0.25) is 0 Å². The van der Waals surface area contributed by atoms with Gasteiger partial charge in [-0.25, -0.2) is 9.98 Å². The molecule has 94 valence electrons. The van der Waals surface area contributed by atoms with Crippen molar-refractivity contribution in [1.29, 1.82) is 0 Å². The third-order valence-corrected chi connectivity index (χ3v) is 3.12. The van der Waals surface area contributed by atoms with E-state index in [0.29, 0.717) is 0 Å². The molecular weight excluding hydrogens is 260 g/mol. The third-order valence-electron chi connectivity index (χ3n) is 2.90. The van der Waals surface area contributed by atoms with E-state index in [4.69, 9.17) is 24.4 Å². The standard InChI is InChI=1S/C14H16N2S2/c1-3-13(15-9-17)11-7-5-6-8-12(11)14(4-2)16-10-18/h5-8,13-14H,3-4H2,1-2H3. The summed E-state index contributed by atoms with van der Waals surface area (Å²) >= 11 is 9.43. The minimum atomic E-state index is 0.0491. The van der Waals surface area contributed by atoms with Gasteiger partial charge in [0.1, 0.15) is 0 Å². The van der Waals surface area contributed by atoms with Crippen LogP contribution in [0.3, 0.4) is 0 Å². The van der Waals surface area contributed by atoms with E-state index in [1.54, 1.807) is 0 Å². The first-order valence-corrected chi connectivity index (χ1v) is 6.82. The quantitative estimate of drug-likeness (QED) is 0.551. The second-order valence-electron chi connectivity index (χ2n) is 3.92. The van der Waals surface area contributed by atoms with Gasteiger partial charge in [0.05, 0.1) is 22.4 Å². The summed E-state index contributed by atoms with van der Waals surface area (Å²) in [7, 11) is 0. The Kier molecular flexibility index (Phi) is 6.63. The number of hydrogen-bond donors (Lipinski definition) is 0. The molecule has 0 N–H and O–H groups in total. The summed E-state index contributed by atoms with van der Waals surface area (Å²) in [5, 5.41) is 4.95. The normalized spacial score (nSPS) is 13.0. The molecule has 0 aliphatic carbocycles. The molecule has 0 aromatic heterocycles. The Morgan fingerprint density at radius 2 is 1.33 bits per heavy atom. The van der Waals surface area contributed by atoms with E-state index in [1.807, 2.05) is 12.1 Å². The zero-order valence-electron chi connectivity index (χ0n) is 10.6. The molecule has 0 spiro atoms. The summed E-state index contributed by atoms with van der Waals surface area (Å²) in [6, 6.07) is 8.26. The van der Waals surface area contributed by atoms with Crippen LogP contribution in [-0.2, 0) is 0 Å². The molecule has 0 bridgehead atoms. The molecule has 2 unspecified atom stereocenters. The Labute approximate surface area is 119 Å². The van der Waals surface area contributed by atoms with E-state index >= 15 is 0 Å². The molecular formula is C14H16N2S2. The molecule has 0 fully saturated rings. The molecule has 1 aromatic carbocycles. The molecule has 0 saturated heterocycles. The Balaban J connectivity index is 3.27. The maximum Gasteiger partial charge on any atom is 0.0853 e. The summed E-state index contributed by atoms with van der Waals surface area (Å²) in [6.07, 6.45) is 1.77. The van der Waals surface area contributed by atoms with Crippen LogP contribution in [0.25, 0.3) is 0 Å². The molecule has 0 saturated carbocycles. The number of hydrogen-bond acceptors (Lipinski definition) is 4. The number of rotatable bonds is 6. The van der Waals surface area contributed by atoms with Crippen molar-refractivity contribution in [2.45, 2.75) is 38.8 Å². The number of aliphatic imine (C=N–C) groups is 2. The lowest BCUT2D eigenvalue weighted by molar-refractivity contribution is 0.651. The first-order chi connectivity index (χ1) is 8.78. The van der Waals surface area contributed by atoms with Gasteiger partial charge in [0, 0.05) is 0 Å². The zero-order chi connectivity index (χ0) is 13.4. The highest BCUT2D eigenvalue weighted by Crippen LogP contribution is 2.31. The van der Waals surface area contributed by atoms with Crippen molar-refractivity contribution in [2.24, 2.45) is 9.98 Å². The lowest BCUT2D eigenvalue weighted by Gasteiger charge is -2.18. The Bertz CT molecular complexity index is 441. The van der Waals surface area contributed by atoms with E-state index < -0.39 is 0 Å². The van der Waals surface area contributed by atoms with Gasteiger partial charge in [-0.1, -0.05) is 38.1 Å². The van der Waals surface area contributed by atoms with Crippen molar-refractivity contribution in [3.63, 3.8) is 0 Å². The highest BCUT2D eigenvalue weighted by atomic mass is 32.1. The molecule has 4 heteroatoms. The van der Waals surface area contributed by atoms with Crippen molar-refractivity contribution in [3.05, 3.63) is 35.4 Å². The smallest absolute Gasteiger partial charge is 0.0853 e. The molecule has 0 radical (unpaired) electrons. The fourth-order valence-electron chi connectivity index (χ4n) is 2.01. The molecule has 1 aromatic rings. The summed E-state index contributed by atoms with van der Waals surface area (Å²) < 4.78 is 0. The van der Waals surface area contributed by atoms with E-state index in [-0.39, 0.29) is 12.1 Å². The first-order valence-electron chi connectivity index (χ1n) is 6.01. The van der Waals surface area contributed by atoms with Crippen molar-refractivity contribution < 1.29 is 0 Å². The van der Waals surface area contributed by atoms with E-state index in [2.05, 4.69) is 46.3 Å². The molecule has 0 amide bonds. The van der Waals surface area contributed by atoms with Crippen LogP contribution in [0.4, 0.5) is 0 Å². The summed E-state index contributed by atoms with van der Waals surface area (Å²) in [5.74, 6) is 0. The minimum Gasteiger partial charge on any atom is -0.224 e. The van der Waals surface area contributed by atoms with Crippen LogP contribution in [0.5, 0.6) is 0 Å². The van der Waals surface area contributed by atoms with Gasteiger partial charge in [-0.05, 0) is 48.4 Å². The van der Waals surface area contributed by atoms with Crippen molar-refractivity contribution in [2.75, 3.05) is 0 Å². The van der Waals surface area contributed by atoms with Gasteiger partial charge >= 0.3 is 0 Å². The van der Waals surface area contributed by atoms with Crippen molar-refractivity contribution >= 4 is 34.8 Å². The fourth-order valence-corrected chi connectivity index (χ4v) is 2.26. The number of benzene rings is 1. The van der Waals surface area contributed by atoms with Crippen molar-refractivity contribution in [1.82, 2.24) is 0 Å². The molecule has 1 rings (SSSR count). The van der Waals surface area contributed by atoms with Crippen LogP contribution >= 0.6 is 24.4 Å². The van der Waals surface area contributed by atoms with Crippen LogP contribution in [0.15, 0.2) is 34.3 Å². The predicted octanol–water partition coefficient (Wildman–Crippen LogP) is 4.79. The Morgan fingerprint density at radius 1 is 0.944 bits per heavy atom. The molecule has 0 aliphatic heterocycles. The second kappa shape index (κ2) is 8.02. The monoisotopic (exact) mass is 276 g/mol.